The van der Waals surface area contributed by atoms with Gasteiger partial charge in [0.15, 0.2) is 0 Å². The van der Waals surface area contributed by atoms with Crippen LogP contribution in [-0.2, 0) is 6.42 Å². The SMILES string of the molecule is CCC(CN)CNCCc1coc2ccccc12. The van der Waals surface area contributed by atoms with Crippen LogP contribution in [0.2, 0.25) is 0 Å². The van der Waals surface area contributed by atoms with Gasteiger partial charge in [-0.25, -0.2) is 0 Å². The minimum absolute atomic E-state index is 0.589. The number of nitrogens with two attached hydrogens (primary N) is 1. The lowest BCUT2D eigenvalue weighted by Gasteiger charge is -2.12. The van der Waals surface area contributed by atoms with E-state index in [-0.39, 0.29) is 0 Å². The van der Waals surface area contributed by atoms with Crippen molar-refractivity contribution in [1.29, 1.82) is 0 Å². The highest BCUT2D eigenvalue weighted by Gasteiger charge is 2.05. The first-order chi connectivity index (χ1) is 8.85. The Labute approximate surface area is 108 Å². The van der Waals surface area contributed by atoms with Crippen molar-refractivity contribution < 1.29 is 4.42 Å². The number of furan rings is 1. The summed E-state index contributed by atoms with van der Waals surface area (Å²) in [5.74, 6) is 0.589. The normalized spacial score (nSPS) is 13.0. The first kappa shape index (κ1) is 13.1. The zero-order valence-corrected chi connectivity index (χ0v) is 11.0. The third-order valence-corrected chi connectivity index (χ3v) is 3.48. The average molecular weight is 246 g/mol. The van der Waals surface area contributed by atoms with Crippen LogP contribution in [0.5, 0.6) is 0 Å². The van der Waals surface area contributed by atoms with Crippen LogP contribution in [0.25, 0.3) is 11.0 Å². The molecular weight excluding hydrogens is 224 g/mol. The van der Waals surface area contributed by atoms with Crippen LogP contribution >= 0.6 is 0 Å². The minimum Gasteiger partial charge on any atom is -0.464 e. The van der Waals surface area contributed by atoms with Gasteiger partial charge in [0, 0.05) is 5.39 Å². The molecule has 3 nitrogen and oxygen atoms in total. The van der Waals surface area contributed by atoms with Gasteiger partial charge in [0.1, 0.15) is 5.58 Å². The molecule has 1 unspecified atom stereocenters. The van der Waals surface area contributed by atoms with Crippen molar-refractivity contribution in [3.8, 4) is 0 Å². The molecule has 0 amide bonds. The van der Waals surface area contributed by atoms with E-state index < -0.39 is 0 Å². The van der Waals surface area contributed by atoms with Gasteiger partial charge >= 0.3 is 0 Å². The van der Waals surface area contributed by atoms with Gasteiger partial charge in [-0.15, -0.1) is 0 Å². The molecule has 98 valence electrons. The summed E-state index contributed by atoms with van der Waals surface area (Å²) in [4.78, 5) is 0. The Morgan fingerprint density at radius 2 is 2.17 bits per heavy atom. The number of nitrogens with one attached hydrogen (secondary N) is 1. The Morgan fingerprint density at radius 3 is 2.94 bits per heavy atom. The lowest BCUT2D eigenvalue weighted by atomic mass is 10.1. The van der Waals surface area contributed by atoms with Crippen LogP contribution in [0.4, 0.5) is 0 Å². The third-order valence-electron chi connectivity index (χ3n) is 3.48. The van der Waals surface area contributed by atoms with Gasteiger partial charge in [-0.3, -0.25) is 0 Å². The molecule has 18 heavy (non-hydrogen) atoms. The first-order valence-corrected chi connectivity index (χ1v) is 6.71. The molecule has 3 N–H and O–H groups in total. The molecule has 1 aromatic heterocycles. The molecule has 1 atom stereocenters. The van der Waals surface area contributed by atoms with Gasteiger partial charge in [-0.2, -0.15) is 0 Å². The van der Waals surface area contributed by atoms with Gasteiger partial charge in [0.2, 0.25) is 0 Å². The van der Waals surface area contributed by atoms with E-state index in [0.29, 0.717) is 5.92 Å². The Balaban J connectivity index is 1.83. The van der Waals surface area contributed by atoms with Crippen molar-refractivity contribution in [2.75, 3.05) is 19.6 Å². The summed E-state index contributed by atoms with van der Waals surface area (Å²) in [5.41, 5.74) is 7.93. The molecule has 0 saturated heterocycles. The number of rotatable bonds is 7. The van der Waals surface area contributed by atoms with E-state index in [2.05, 4.69) is 24.4 Å². The standard InChI is InChI=1S/C15H22N2O/c1-2-12(9-16)10-17-8-7-13-11-18-15-6-4-3-5-14(13)15/h3-6,11-12,17H,2,7-10,16H2,1H3. The lowest BCUT2D eigenvalue weighted by Crippen LogP contribution is -2.29. The van der Waals surface area contributed by atoms with Crippen LogP contribution < -0.4 is 11.1 Å². The summed E-state index contributed by atoms with van der Waals surface area (Å²) in [6, 6.07) is 8.17. The molecule has 2 aromatic rings. The summed E-state index contributed by atoms with van der Waals surface area (Å²) in [6.07, 6.45) is 4.00. The van der Waals surface area contributed by atoms with E-state index in [4.69, 9.17) is 10.2 Å². The van der Waals surface area contributed by atoms with E-state index in [0.717, 1.165) is 38.1 Å². The van der Waals surface area contributed by atoms with Crippen LogP contribution in [-0.4, -0.2) is 19.6 Å². The summed E-state index contributed by atoms with van der Waals surface area (Å²) < 4.78 is 5.52. The van der Waals surface area contributed by atoms with Crippen molar-refractivity contribution >= 4 is 11.0 Å². The third kappa shape index (κ3) is 3.12. The molecule has 2 rings (SSSR count). The fourth-order valence-corrected chi connectivity index (χ4v) is 2.15. The second kappa shape index (κ2) is 6.57. The second-order valence-corrected chi connectivity index (χ2v) is 4.72. The Hall–Kier alpha value is -1.32. The minimum atomic E-state index is 0.589. The van der Waals surface area contributed by atoms with Crippen LogP contribution in [0, 0.1) is 5.92 Å². The summed E-state index contributed by atoms with van der Waals surface area (Å²) in [5, 5.41) is 4.70. The van der Waals surface area contributed by atoms with Crippen LogP contribution in [0.15, 0.2) is 34.9 Å². The average Bonchev–Trinajstić information content (AvgIpc) is 2.82. The predicted molar refractivity (Wildman–Crippen MR) is 75.6 cm³/mol. The quantitative estimate of drug-likeness (QED) is 0.738. The monoisotopic (exact) mass is 246 g/mol. The maximum atomic E-state index is 5.68. The lowest BCUT2D eigenvalue weighted by molar-refractivity contribution is 0.473. The highest BCUT2D eigenvalue weighted by atomic mass is 16.3. The van der Waals surface area contributed by atoms with E-state index in [9.17, 15) is 0 Å². The van der Waals surface area contributed by atoms with E-state index in [1.807, 2.05) is 18.4 Å². The molecule has 0 radical (unpaired) electrons. The van der Waals surface area contributed by atoms with E-state index in [1.54, 1.807) is 0 Å². The summed E-state index contributed by atoms with van der Waals surface area (Å²) in [7, 11) is 0. The molecule has 0 spiro atoms. The van der Waals surface area contributed by atoms with Gasteiger partial charge in [-0.1, -0.05) is 31.5 Å². The van der Waals surface area contributed by atoms with Crippen molar-refractivity contribution in [3.63, 3.8) is 0 Å². The Kier molecular flexibility index (Phi) is 4.79. The van der Waals surface area contributed by atoms with Crippen LogP contribution in [0.3, 0.4) is 0 Å². The van der Waals surface area contributed by atoms with Gasteiger partial charge < -0.3 is 15.5 Å². The highest BCUT2D eigenvalue weighted by molar-refractivity contribution is 5.80. The maximum absolute atomic E-state index is 5.68. The molecule has 1 heterocycles. The molecule has 0 fully saturated rings. The number of benzene rings is 1. The Bertz CT molecular complexity index is 474. The predicted octanol–water partition coefficient (Wildman–Crippen LogP) is 2.55. The molecular formula is C15H22N2O. The number of hydrogen-bond acceptors (Lipinski definition) is 3. The smallest absolute Gasteiger partial charge is 0.134 e. The molecule has 0 saturated carbocycles. The fraction of sp³-hybridized carbons (Fsp3) is 0.467. The van der Waals surface area contributed by atoms with Gasteiger partial charge in [-0.05, 0) is 43.6 Å². The van der Waals surface area contributed by atoms with Gasteiger partial charge in [0.05, 0.1) is 6.26 Å². The van der Waals surface area contributed by atoms with Gasteiger partial charge in [0.25, 0.3) is 0 Å². The topological polar surface area (TPSA) is 51.2 Å². The number of fused-ring (bicyclic) bond motifs is 1. The second-order valence-electron chi connectivity index (χ2n) is 4.72. The summed E-state index contributed by atoms with van der Waals surface area (Å²) >= 11 is 0. The van der Waals surface area contributed by atoms with E-state index in [1.165, 1.54) is 10.9 Å². The molecule has 0 aliphatic carbocycles. The number of para-hydroxylation sites is 1. The van der Waals surface area contributed by atoms with Crippen molar-refractivity contribution in [3.05, 3.63) is 36.1 Å². The van der Waals surface area contributed by atoms with Crippen LogP contribution in [0.1, 0.15) is 18.9 Å². The first-order valence-electron chi connectivity index (χ1n) is 6.71. The van der Waals surface area contributed by atoms with Crippen molar-refractivity contribution in [2.24, 2.45) is 11.7 Å². The fourth-order valence-electron chi connectivity index (χ4n) is 2.15. The van der Waals surface area contributed by atoms with Crippen molar-refractivity contribution in [1.82, 2.24) is 5.32 Å². The molecule has 3 heteroatoms. The molecule has 0 aliphatic heterocycles. The summed E-state index contributed by atoms with van der Waals surface area (Å²) in [6.45, 7) is 4.92. The zero-order valence-electron chi connectivity index (χ0n) is 11.0. The zero-order chi connectivity index (χ0) is 12.8. The number of hydrogen-bond donors (Lipinski definition) is 2. The maximum Gasteiger partial charge on any atom is 0.134 e. The highest BCUT2D eigenvalue weighted by Crippen LogP contribution is 2.20. The molecule has 0 aliphatic rings. The van der Waals surface area contributed by atoms with Crippen molar-refractivity contribution in [2.45, 2.75) is 19.8 Å². The van der Waals surface area contributed by atoms with E-state index >= 15 is 0 Å². The molecule has 1 aromatic carbocycles. The largest absolute Gasteiger partial charge is 0.464 e. The molecule has 0 bridgehead atoms. The Morgan fingerprint density at radius 1 is 1.33 bits per heavy atom.